The summed E-state index contributed by atoms with van der Waals surface area (Å²) in [5, 5.41) is 0. The second-order valence-corrected chi connectivity index (χ2v) is 7.62. The summed E-state index contributed by atoms with van der Waals surface area (Å²) in [6.45, 7) is 5.32. The molecule has 0 aliphatic carbocycles. The molecule has 0 saturated heterocycles. The first kappa shape index (κ1) is 17.2. The van der Waals surface area contributed by atoms with Gasteiger partial charge in [-0.25, -0.2) is 4.21 Å². The van der Waals surface area contributed by atoms with E-state index in [2.05, 4.69) is 25.1 Å². The van der Waals surface area contributed by atoms with E-state index in [0.29, 0.717) is 10.0 Å². The van der Waals surface area contributed by atoms with Gasteiger partial charge in [0.1, 0.15) is 16.7 Å². The SMILES string of the molecule is CC(C)(C)[S@](=O)N=Cc1ccc(OC(F)(F)F)cc1Br. The molecule has 1 rings (SSSR count). The largest absolute Gasteiger partial charge is 0.573 e. The van der Waals surface area contributed by atoms with Gasteiger partial charge >= 0.3 is 6.36 Å². The van der Waals surface area contributed by atoms with Crippen molar-refractivity contribution in [3.05, 3.63) is 28.2 Å². The molecule has 0 unspecified atom stereocenters. The predicted octanol–water partition coefficient (Wildman–Crippen LogP) is 4.23. The van der Waals surface area contributed by atoms with Crippen molar-refractivity contribution in [3.8, 4) is 5.75 Å². The van der Waals surface area contributed by atoms with Crippen molar-refractivity contribution in [1.82, 2.24) is 0 Å². The number of ether oxygens (including phenoxy) is 1. The quantitative estimate of drug-likeness (QED) is 0.745. The van der Waals surface area contributed by atoms with Crippen molar-refractivity contribution in [2.24, 2.45) is 4.40 Å². The smallest absolute Gasteiger partial charge is 0.406 e. The van der Waals surface area contributed by atoms with Gasteiger partial charge in [0, 0.05) is 16.3 Å². The van der Waals surface area contributed by atoms with Gasteiger partial charge in [-0.15, -0.1) is 13.2 Å². The van der Waals surface area contributed by atoms with Gasteiger partial charge in [0.25, 0.3) is 0 Å². The van der Waals surface area contributed by atoms with Gasteiger partial charge < -0.3 is 4.74 Å². The molecule has 1 atom stereocenters. The van der Waals surface area contributed by atoms with E-state index < -0.39 is 22.1 Å². The first-order valence-electron chi connectivity index (χ1n) is 5.50. The maximum absolute atomic E-state index is 12.1. The van der Waals surface area contributed by atoms with Crippen molar-refractivity contribution >= 4 is 33.1 Å². The Bertz CT molecular complexity index is 538. The highest BCUT2D eigenvalue weighted by Gasteiger charge is 2.31. The average Bonchev–Trinajstić information content (AvgIpc) is 2.23. The molecule has 0 aromatic heterocycles. The number of hydrogen-bond donors (Lipinski definition) is 0. The first-order valence-corrected chi connectivity index (χ1v) is 7.40. The van der Waals surface area contributed by atoms with Gasteiger partial charge in [-0.3, -0.25) is 0 Å². The number of alkyl halides is 3. The Morgan fingerprint density at radius 3 is 2.35 bits per heavy atom. The zero-order chi connectivity index (χ0) is 15.6. The van der Waals surface area contributed by atoms with Crippen molar-refractivity contribution in [1.29, 1.82) is 0 Å². The molecular weight excluding hydrogens is 359 g/mol. The Hall–Kier alpha value is -0.890. The number of rotatable bonds is 3. The van der Waals surface area contributed by atoms with Crippen LogP contribution in [0.1, 0.15) is 26.3 Å². The molecule has 20 heavy (non-hydrogen) atoms. The van der Waals surface area contributed by atoms with Crippen LogP contribution >= 0.6 is 15.9 Å². The summed E-state index contributed by atoms with van der Waals surface area (Å²) in [7, 11) is -1.43. The Morgan fingerprint density at radius 1 is 1.30 bits per heavy atom. The third-order valence-electron chi connectivity index (χ3n) is 2.02. The van der Waals surface area contributed by atoms with E-state index in [-0.39, 0.29) is 5.75 Å². The molecule has 0 radical (unpaired) electrons. The van der Waals surface area contributed by atoms with E-state index in [0.717, 1.165) is 0 Å². The maximum Gasteiger partial charge on any atom is 0.573 e. The highest BCUT2D eigenvalue weighted by Crippen LogP contribution is 2.27. The molecule has 0 fully saturated rings. The van der Waals surface area contributed by atoms with Crippen LogP contribution in [0, 0.1) is 0 Å². The summed E-state index contributed by atoms with van der Waals surface area (Å²) >= 11 is 3.12. The van der Waals surface area contributed by atoms with Gasteiger partial charge in [0.15, 0.2) is 0 Å². The molecule has 0 N–H and O–H groups in total. The van der Waals surface area contributed by atoms with E-state index in [9.17, 15) is 17.4 Å². The number of nitrogens with zero attached hydrogens (tertiary/aromatic N) is 1. The Balaban J connectivity index is 2.89. The van der Waals surface area contributed by atoms with Crippen molar-refractivity contribution in [3.63, 3.8) is 0 Å². The van der Waals surface area contributed by atoms with Gasteiger partial charge in [0.2, 0.25) is 0 Å². The fourth-order valence-corrected chi connectivity index (χ4v) is 2.06. The van der Waals surface area contributed by atoms with E-state index >= 15 is 0 Å². The molecule has 1 aromatic rings. The molecule has 0 heterocycles. The van der Waals surface area contributed by atoms with Crippen LogP contribution < -0.4 is 4.74 Å². The van der Waals surface area contributed by atoms with Crippen molar-refractivity contribution in [2.75, 3.05) is 0 Å². The highest BCUT2D eigenvalue weighted by atomic mass is 79.9. The Kier molecular flexibility index (Phi) is 5.37. The third kappa shape index (κ3) is 5.62. The molecule has 8 heteroatoms. The molecule has 3 nitrogen and oxygen atoms in total. The zero-order valence-electron chi connectivity index (χ0n) is 11.0. The standard InChI is InChI=1S/C12H13BrF3NO2S/c1-11(2,3)20(18)17-7-8-4-5-9(6-10(8)13)19-12(14,15)16/h4-7H,1-3H3/t20-/m0/s1. The lowest BCUT2D eigenvalue weighted by molar-refractivity contribution is -0.274. The molecule has 1 aromatic carbocycles. The third-order valence-corrected chi connectivity index (χ3v) is 4.05. The minimum atomic E-state index is -4.73. The van der Waals surface area contributed by atoms with Crippen LogP contribution in [0.25, 0.3) is 0 Å². The van der Waals surface area contributed by atoms with Crippen LogP contribution in [0.2, 0.25) is 0 Å². The van der Waals surface area contributed by atoms with E-state index in [1.54, 1.807) is 20.8 Å². The Morgan fingerprint density at radius 2 is 1.90 bits per heavy atom. The lowest BCUT2D eigenvalue weighted by Gasteiger charge is -2.13. The van der Waals surface area contributed by atoms with E-state index in [1.165, 1.54) is 24.4 Å². The van der Waals surface area contributed by atoms with Crippen LogP contribution in [0.5, 0.6) is 5.75 Å². The van der Waals surface area contributed by atoms with Gasteiger partial charge in [-0.1, -0.05) is 0 Å². The van der Waals surface area contributed by atoms with Crippen LogP contribution in [0.3, 0.4) is 0 Å². The second-order valence-electron chi connectivity index (χ2n) is 4.83. The molecule has 112 valence electrons. The summed E-state index contributed by atoms with van der Waals surface area (Å²) in [6.07, 6.45) is -3.38. The lowest BCUT2D eigenvalue weighted by atomic mass is 10.2. The molecule has 0 aliphatic rings. The van der Waals surface area contributed by atoms with Crippen LogP contribution in [0.15, 0.2) is 27.1 Å². The molecule has 0 bridgehead atoms. The van der Waals surface area contributed by atoms with Gasteiger partial charge in [0.05, 0.1) is 4.75 Å². The summed E-state index contributed by atoms with van der Waals surface area (Å²) in [5.41, 5.74) is 0.511. The van der Waals surface area contributed by atoms with Crippen LogP contribution in [-0.4, -0.2) is 21.5 Å². The fraction of sp³-hybridized carbons (Fsp3) is 0.417. The number of benzene rings is 1. The molecular formula is C12H13BrF3NO2S. The number of halogens is 4. The first-order chi connectivity index (χ1) is 8.99. The molecule has 0 spiro atoms. The minimum absolute atomic E-state index is 0.335. The van der Waals surface area contributed by atoms with E-state index in [1.807, 2.05) is 0 Å². The van der Waals surface area contributed by atoms with Crippen molar-refractivity contribution < 1.29 is 22.1 Å². The topological polar surface area (TPSA) is 38.7 Å². The average molecular weight is 372 g/mol. The van der Waals surface area contributed by atoms with Crippen molar-refractivity contribution in [2.45, 2.75) is 31.9 Å². The normalized spacial score (nSPS) is 14.6. The van der Waals surface area contributed by atoms with Crippen LogP contribution in [-0.2, 0) is 11.0 Å². The molecule has 0 aliphatic heterocycles. The predicted molar refractivity (Wildman–Crippen MR) is 76.3 cm³/mol. The van der Waals surface area contributed by atoms with E-state index in [4.69, 9.17) is 0 Å². The van der Waals surface area contributed by atoms with Crippen LogP contribution in [0.4, 0.5) is 13.2 Å². The minimum Gasteiger partial charge on any atom is -0.406 e. The number of hydrogen-bond acceptors (Lipinski definition) is 2. The fourth-order valence-electron chi connectivity index (χ4n) is 1.07. The summed E-state index contributed by atoms with van der Waals surface area (Å²) in [4.78, 5) is 0. The highest BCUT2D eigenvalue weighted by molar-refractivity contribution is 9.10. The summed E-state index contributed by atoms with van der Waals surface area (Å²) in [6, 6.07) is 3.74. The van der Waals surface area contributed by atoms with Gasteiger partial charge in [-0.05, 0) is 54.9 Å². The molecule has 0 saturated carbocycles. The summed E-state index contributed by atoms with van der Waals surface area (Å²) in [5.74, 6) is -0.335. The lowest BCUT2D eigenvalue weighted by Crippen LogP contribution is -2.19. The zero-order valence-corrected chi connectivity index (χ0v) is 13.4. The summed E-state index contributed by atoms with van der Waals surface area (Å²) < 4.78 is 55.4. The molecule has 0 amide bonds. The second kappa shape index (κ2) is 6.26. The monoisotopic (exact) mass is 371 g/mol. The Labute approximate surface area is 126 Å². The maximum atomic E-state index is 12.1. The van der Waals surface area contributed by atoms with Gasteiger partial charge in [-0.2, -0.15) is 4.40 Å².